The van der Waals surface area contributed by atoms with Crippen LogP contribution in [-0.4, -0.2) is 51.4 Å². The summed E-state index contributed by atoms with van der Waals surface area (Å²) in [5, 5.41) is 18.6. The van der Waals surface area contributed by atoms with Crippen LogP contribution in [0.4, 0.5) is 16.0 Å². The van der Waals surface area contributed by atoms with Crippen LogP contribution in [-0.2, 0) is 6.61 Å². The van der Waals surface area contributed by atoms with Crippen molar-refractivity contribution in [1.82, 2.24) is 20.3 Å². The smallest absolute Gasteiger partial charge is 0.355 e. The number of anilines is 2. The third-order valence-electron chi connectivity index (χ3n) is 7.24. The van der Waals surface area contributed by atoms with Gasteiger partial charge >= 0.3 is 5.97 Å². The Labute approximate surface area is 250 Å². The van der Waals surface area contributed by atoms with E-state index in [1.807, 2.05) is 6.92 Å². The van der Waals surface area contributed by atoms with E-state index in [0.717, 1.165) is 0 Å². The highest BCUT2D eigenvalue weighted by atomic mass is 19.1. The van der Waals surface area contributed by atoms with E-state index in [1.54, 1.807) is 37.4 Å². The Kier molecular flexibility index (Phi) is 7.39. The minimum absolute atomic E-state index is 0.0647. The number of nitrogens with one attached hydrogen (secondary N) is 4. The SMILES string of the molecule is CCCNC(=O)c1ccc(-c2cc3c(cc2C(=O)Nc2ccc4nc(NC)[nH]c4c2)-c2cc(F)ccc2OC3)c(C(=O)O)n1. The maximum atomic E-state index is 14.3. The second-order valence-corrected chi connectivity index (χ2v) is 10.2. The molecule has 0 bridgehead atoms. The van der Waals surface area contributed by atoms with Gasteiger partial charge in [0.25, 0.3) is 11.8 Å². The van der Waals surface area contributed by atoms with Crippen LogP contribution in [0.2, 0.25) is 0 Å². The Hall–Kier alpha value is -5.78. The van der Waals surface area contributed by atoms with E-state index >= 15 is 0 Å². The standard InChI is InChI=1S/C32H27FN6O5/c1-3-10-35-30(41)25-8-6-19(28(37-25)31(42)43)21-11-16-15-44-27-9-4-17(33)12-22(27)20(16)14-23(21)29(40)36-18-5-7-24-26(13-18)39-32(34-2)38-24/h4-9,11-14H,3,10,15H2,1-2H3,(H,35,41)(H,36,40)(H,42,43)(H2,34,38,39). The number of carboxylic acids is 1. The number of halogens is 1. The van der Waals surface area contributed by atoms with Crippen molar-refractivity contribution in [2.45, 2.75) is 20.0 Å². The van der Waals surface area contributed by atoms with Crippen LogP contribution in [0.3, 0.4) is 0 Å². The lowest BCUT2D eigenvalue weighted by atomic mass is 9.88. The molecule has 0 saturated carbocycles. The molecule has 0 radical (unpaired) electrons. The first kappa shape index (κ1) is 28.3. The van der Waals surface area contributed by atoms with Crippen molar-refractivity contribution in [2.75, 3.05) is 24.2 Å². The van der Waals surface area contributed by atoms with Gasteiger partial charge in [-0.05, 0) is 83.8 Å². The first-order valence-corrected chi connectivity index (χ1v) is 13.9. The Morgan fingerprint density at radius 2 is 1.80 bits per heavy atom. The molecule has 3 aromatic carbocycles. The molecule has 6 rings (SSSR count). The summed E-state index contributed by atoms with van der Waals surface area (Å²) in [5.74, 6) is -1.87. The number of carboxylic acid groups (broad SMARTS) is 1. The number of hydrogen-bond acceptors (Lipinski definition) is 7. The number of fused-ring (bicyclic) bond motifs is 4. The highest BCUT2D eigenvalue weighted by molar-refractivity contribution is 6.12. The first-order valence-electron chi connectivity index (χ1n) is 13.9. The van der Waals surface area contributed by atoms with Crippen molar-refractivity contribution in [1.29, 1.82) is 0 Å². The monoisotopic (exact) mass is 594 g/mol. The van der Waals surface area contributed by atoms with Gasteiger partial charge in [-0.3, -0.25) is 9.59 Å². The van der Waals surface area contributed by atoms with E-state index < -0.39 is 29.3 Å². The molecule has 44 heavy (non-hydrogen) atoms. The van der Waals surface area contributed by atoms with Gasteiger partial charge < -0.3 is 30.8 Å². The number of aromatic carboxylic acids is 1. The number of H-pyrrole nitrogens is 1. The molecule has 5 aromatic rings. The molecule has 0 aliphatic carbocycles. The van der Waals surface area contributed by atoms with Crippen molar-refractivity contribution in [3.05, 3.63) is 89.0 Å². The summed E-state index contributed by atoms with van der Waals surface area (Å²) in [5.41, 5.74) is 3.55. The number of benzene rings is 3. The van der Waals surface area contributed by atoms with Gasteiger partial charge in [-0.25, -0.2) is 19.2 Å². The molecule has 0 atom stereocenters. The number of ether oxygens (including phenoxy) is 1. The number of carbonyl (C=O) groups is 3. The maximum Gasteiger partial charge on any atom is 0.355 e. The van der Waals surface area contributed by atoms with Crippen molar-refractivity contribution >= 4 is 40.5 Å². The van der Waals surface area contributed by atoms with Crippen LogP contribution in [0.25, 0.3) is 33.3 Å². The molecule has 3 heterocycles. The van der Waals surface area contributed by atoms with Crippen molar-refractivity contribution < 1.29 is 28.6 Å². The molecule has 0 saturated heterocycles. The van der Waals surface area contributed by atoms with E-state index in [2.05, 4.69) is 30.9 Å². The Morgan fingerprint density at radius 3 is 2.57 bits per heavy atom. The number of pyridine rings is 1. The first-order chi connectivity index (χ1) is 21.2. The zero-order valence-corrected chi connectivity index (χ0v) is 23.7. The minimum atomic E-state index is -1.37. The van der Waals surface area contributed by atoms with Crippen LogP contribution < -0.4 is 20.7 Å². The average Bonchev–Trinajstić information content (AvgIpc) is 3.45. The number of nitrogens with zero attached hydrogens (tertiary/aromatic N) is 2. The fourth-order valence-electron chi connectivity index (χ4n) is 5.12. The van der Waals surface area contributed by atoms with Crippen molar-refractivity contribution in [3.63, 3.8) is 0 Å². The molecular weight excluding hydrogens is 567 g/mol. The zero-order valence-electron chi connectivity index (χ0n) is 23.7. The third kappa shape index (κ3) is 5.28. The molecule has 11 nitrogen and oxygen atoms in total. The summed E-state index contributed by atoms with van der Waals surface area (Å²) in [6.07, 6.45) is 0.697. The Bertz CT molecular complexity index is 1970. The minimum Gasteiger partial charge on any atom is -0.488 e. The summed E-state index contributed by atoms with van der Waals surface area (Å²) < 4.78 is 20.1. The Balaban J connectivity index is 1.49. The summed E-state index contributed by atoms with van der Waals surface area (Å²) >= 11 is 0. The summed E-state index contributed by atoms with van der Waals surface area (Å²) in [6, 6.07) is 15.4. The number of amides is 2. The number of hydrogen-bond donors (Lipinski definition) is 5. The molecule has 1 aliphatic heterocycles. The molecular formula is C32H27FN6O5. The van der Waals surface area contributed by atoms with E-state index in [4.69, 9.17) is 4.74 Å². The predicted octanol–water partition coefficient (Wildman–Crippen LogP) is 5.46. The van der Waals surface area contributed by atoms with Crippen molar-refractivity contribution in [3.8, 4) is 28.0 Å². The van der Waals surface area contributed by atoms with Gasteiger partial charge in [0, 0.05) is 36.0 Å². The molecule has 0 fully saturated rings. The Morgan fingerprint density at radius 1 is 0.955 bits per heavy atom. The molecule has 12 heteroatoms. The lowest BCUT2D eigenvalue weighted by Crippen LogP contribution is -2.25. The zero-order chi connectivity index (χ0) is 31.0. The largest absolute Gasteiger partial charge is 0.488 e. The molecule has 0 unspecified atom stereocenters. The number of imidazole rings is 1. The lowest BCUT2D eigenvalue weighted by Gasteiger charge is -2.23. The summed E-state index contributed by atoms with van der Waals surface area (Å²) in [7, 11) is 1.73. The normalized spacial score (nSPS) is 11.7. The van der Waals surface area contributed by atoms with Crippen LogP contribution >= 0.6 is 0 Å². The van der Waals surface area contributed by atoms with E-state index in [-0.39, 0.29) is 29.0 Å². The topological polar surface area (TPSA) is 158 Å². The van der Waals surface area contributed by atoms with Crippen LogP contribution in [0.5, 0.6) is 5.75 Å². The highest BCUT2D eigenvalue weighted by Crippen LogP contribution is 2.41. The number of aromatic amines is 1. The van der Waals surface area contributed by atoms with E-state index in [0.29, 0.717) is 58.1 Å². The lowest BCUT2D eigenvalue weighted by molar-refractivity contribution is 0.0691. The van der Waals surface area contributed by atoms with Gasteiger partial charge in [-0.1, -0.05) is 6.92 Å². The molecule has 222 valence electrons. The second-order valence-electron chi connectivity index (χ2n) is 10.2. The number of carbonyl (C=O) groups excluding carboxylic acids is 2. The second kappa shape index (κ2) is 11.5. The fourth-order valence-corrected chi connectivity index (χ4v) is 5.12. The molecule has 0 spiro atoms. The number of aromatic nitrogens is 3. The maximum absolute atomic E-state index is 14.3. The van der Waals surface area contributed by atoms with E-state index in [1.165, 1.54) is 30.3 Å². The highest BCUT2D eigenvalue weighted by Gasteiger charge is 2.27. The summed E-state index contributed by atoms with van der Waals surface area (Å²) in [4.78, 5) is 50.6. The molecule has 2 amide bonds. The van der Waals surface area contributed by atoms with Crippen molar-refractivity contribution in [2.24, 2.45) is 0 Å². The molecule has 1 aliphatic rings. The fraction of sp³-hybridized carbons (Fsp3) is 0.156. The van der Waals surface area contributed by atoms with Gasteiger partial charge in [-0.2, -0.15) is 0 Å². The third-order valence-corrected chi connectivity index (χ3v) is 7.24. The van der Waals surface area contributed by atoms with Crippen LogP contribution in [0, 0.1) is 5.82 Å². The molecule has 2 aromatic heterocycles. The van der Waals surface area contributed by atoms with Crippen LogP contribution in [0.1, 0.15) is 50.2 Å². The van der Waals surface area contributed by atoms with Gasteiger partial charge in [0.1, 0.15) is 23.9 Å². The quantitative estimate of drug-likeness (QED) is 0.159. The predicted molar refractivity (Wildman–Crippen MR) is 163 cm³/mol. The number of rotatable bonds is 8. The average molecular weight is 595 g/mol. The summed E-state index contributed by atoms with van der Waals surface area (Å²) in [6.45, 7) is 2.41. The van der Waals surface area contributed by atoms with Gasteiger partial charge in [-0.15, -0.1) is 0 Å². The van der Waals surface area contributed by atoms with Gasteiger partial charge in [0.15, 0.2) is 5.69 Å². The van der Waals surface area contributed by atoms with Gasteiger partial charge in [0.2, 0.25) is 5.95 Å². The van der Waals surface area contributed by atoms with Gasteiger partial charge in [0.05, 0.1) is 11.0 Å². The van der Waals surface area contributed by atoms with Crippen LogP contribution in [0.15, 0.2) is 60.7 Å². The molecule has 5 N–H and O–H groups in total. The van der Waals surface area contributed by atoms with E-state index in [9.17, 15) is 23.9 Å².